The Morgan fingerprint density at radius 3 is 2.25 bits per heavy atom. The Labute approximate surface area is 49.1 Å². The molecule has 3 heteroatoms. The summed E-state index contributed by atoms with van der Waals surface area (Å²) in [7, 11) is 0. The minimum absolute atomic E-state index is 0.0304. The fourth-order valence-electron chi connectivity index (χ4n) is 0.504. The fourth-order valence-corrected chi connectivity index (χ4v) is 0.504. The molecule has 0 spiro atoms. The van der Waals surface area contributed by atoms with Crippen LogP contribution in [0.25, 0.3) is 0 Å². The average Bonchev–Trinajstić information content (AvgIpc) is 1.65. The van der Waals surface area contributed by atoms with E-state index in [2.05, 4.69) is 0 Å². The second-order valence-electron chi connectivity index (χ2n) is 2.05. The minimum Gasteiger partial charge on any atom is -0.394 e. The third kappa shape index (κ3) is 4.05. The van der Waals surface area contributed by atoms with E-state index in [9.17, 15) is 0 Å². The Morgan fingerprint density at radius 1 is 1.62 bits per heavy atom. The van der Waals surface area contributed by atoms with Crippen molar-refractivity contribution >= 4 is 0 Å². The van der Waals surface area contributed by atoms with Crippen LogP contribution in [0.2, 0.25) is 0 Å². The molecule has 0 fully saturated rings. The zero-order valence-corrected chi connectivity index (χ0v) is 5.04. The van der Waals surface area contributed by atoms with Gasteiger partial charge in [-0.25, -0.2) is 0 Å². The fraction of sp³-hybridized carbons (Fsp3) is 1.00. The molecule has 0 heterocycles. The predicted molar refractivity (Wildman–Crippen MR) is 31.4 cm³/mol. The van der Waals surface area contributed by atoms with Gasteiger partial charge in [0.2, 0.25) is 0 Å². The standard InChI is InChI=1S/C5H13NO2/c1-4(6)2-5(8)3-7/h4-5,7-8H,2-3,6H2,1H3/t4-,5+/m1/s1. The average molecular weight is 119 g/mol. The molecule has 0 aromatic carbocycles. The van der Waals surface area contributed by atoms with E-state index in [1.807, 2.05) is 0 Å². The third-order valence-electron chi connectivity index (χ3n) is 0.855. The van der Waals surface area contributed by atoms with Crippen LogP contribution in [0, 0.1) is 0 Å². The molecule has 0 aliphatic heterocycles. The summed E-state index contributed by atoms with van der Waals surface area (Å²) in [5.74, 6) is 0. The van der Waals surface area contributed by atoms with Gasteiger partial charge in [0.15, 0.2) is 0 Å². The molecule has 0 radical (unpaired) electrons. The molecule has 0 aliphatic carbocycles. The van der Waals surface area contributed by atoms with Crippen molar-refractivity contribution in [2.24, 2.45) is 5.73 Å². The predicted octanol–water partition coefficient (Wildman–Crippen LogP) is -0.923. The van der Waals surface area contributed by atoms with Crippen molar-refractivity contribution < 1.29 is 10.2 Å². The molecule has 0 unspecified atom stereocenters. The molecule has 0 aromatic heterocycles. The van der Waals surface area contributed by atoms with E-state index >= 15 is 0 Å². The van der Waals surface area contributed by atoms with Gasteiger partial charge < -0.3 is 15.9 Å². The van der Waals surface area contributed by atoms with Gasteiger partial charge in [-0.1, -0.05) is 0 Å². The van der Waals surface area contributed by atoms with Crippen molar-refractivity contribution in [3.8, 4) is 0 Å². The Hall–Kier alpha value is -0.120. The van der Waals surface area contributed by atoms with Gasteiger partial charge in [-0.05, 0) is 13.3 Å². The highest BCUT2D eigenvalue weighted by Crippen LogP contribution is 1.92. The van der Waals surface area contributed by atoms with E-state index in [-0.39, 0.29) is 12.6 Å². The number of hydrogen-bond acceptors (Lipinski definition) is 3. The van der Waals surface area contributed by atoms with Crippen molar-refractivity contribution in [2.75, 3.05) is 6.61 Å². The highest BCUT2D eigenvalue weighted by molar-refractivity contribution is 4.60. The normalized spacial score (nSPS) is 18.0. The second-order valence-corrected chi connectivity index (χ2v) is 2.05. The molecule has 0 bridgehead atoms. The van der Waals surface area contributed by atoms with E-state index in [0.29, 0.717) is 6.42 Å². The lowest BCUT2D eigenvalue weighted by molar-refractivity contribution is 0.0840. The monoisotopic (exact) mass is 119 g/mol. The summed E-state index contributed by atoms with van der Waals surface area (Å²) in [5, 5.41) is 17.0. The molecular formula is C5H13NO2. The van der Waals surface area contributed by atoms with Gasteiger partial charge in [0, 0.05) is 6.04 Å². The van der Waals surface area contributed by atoms with Crippen LogP contribution in [-0.2, 0) is 0 Å². The van der Waals surface area contributed by atoms with Crippen LogP contribution < -0.4 is 5.73 Å². The summed E-state index contributed by atoms with van der Waals surface area (Å²) in [6.07, 6.45) is -0.175. The van der Waals surface area contributed by atoms with Crippen molar-refractivity contribution in [1.82, 2.24) is 0 Å². The van der Waals surface area contributed by atoms with E-state index in [4.69, 9.17) is 15.9 Å². The lowest BCUT2D eigenvalue weighted by Gasteiger charge is -2.08. The van der Waals surface area contributed by atoms with E-state index in [1.165, 1.54) is 0 Å². The summed E-state index contributed by atoms with van der Waals surface area (Å²) < 4.78 is 0. The molecule has 2 atom stereocenters. The Balaban J connectivity index is 3.10. The largest absolute Gasteiger partial charge is 0.394 e. The van der Waals surface area contributed by atoms with Crippen molar-refractivity contribution in [3.05, 3.63) is 0 Å². The lowest BCUT2D eigenvalue weighted by atomic mass is 10.2. The molecule has 3 nitrogen and oxygen atoms in total. The molecule has 0 aliphatic rings. The second kappa shape index (κ2) is 3.83. The molecule has 0 saturated carbocycles. The maximum atomic E-state index is 8.70. The summed E-state index contributed by atoms with van der Waals surface area (Å²) in [4.78, 5) is 0. The minimum atomic E-state index is -0.644. The van der Waals surface area contributed by atoms with E-state index in [1.54, 1.807) is 6.92 Å². The van der Waals surface area contributed by atoms with Crippen LogP contribution in [0.5, 0.6) is 0 Å². The van der Waals surface area contributed by atoms with E-state index < -0.39 is 6.10 Å². The van der Waals surface area contributed by atoms with Crippen LogP contribution >= 0.6 is 0 Å². The molecule has 0 rings (SSSR count). The van der Waals surface area contributed by atoms with Crippen molar-refractivity contribution in [3.63, 3.8) is 0 Å². The number of rotatable bonds is 3. The molecule has 50 valence electrons. The van der Waals surface area contributed by atoms with Crippen molar-refractivity contribution in [2.45, 2.75) is 25.5 Å². The first-order valence-electron chi connectivity index (χ1n) is 2.71. The quantitative estimate of drug-likeness (QED) is 0.450. The Bertz CT molecular complexity index is 56.4. The maximum Gasteiger partial charge on any atom is 0.0785 e. The van der Waals surface area contributed by atoms with Gasteiger partial charge >= 0.3 is 0 Å². The Morgan fingerprint density at radius 2 is 2.12 bits per heavy atom. The van der Waals surface area contributed by atoms with Crippen LogP contribution in [-0.4, -0.2) is 29.0 Å². The molecule has 0 aromatic rings. The van der Waals surface area contributed by atoms with Crippen LogP contribution in [0.4, 0.5) is 0 Å². The van der Waals surface area contributed by atoms with Gasteiger partial charge in [-0.2, -0.15) is 0 Å². The molecule has 8 heavy (non-hydrogen) atoms. The van der Waals surface area contributed by atoms with Crippen molar-refractivity contribution in [1.29, 1.82) is 0 Å². The zero-order valence-electron chi connectivity index (χ0n) is 5.04. The van der Waals surface area contributed by atoms with Gasteiger partial charge in [0.05, 0.1) is 12.7 Å². The molecule has 0 saturated heterocycles. The van der Waals surface area contributed by atoms with E-state index in [0.717, 1.165) is 0 Å². The molecule has 0 amide bonds. The number of aliphatic hydroxyl groups excluding tert-OH is 2. The maximum absolute atomic E-state index is 8.70. The van der Waals surface area contributed by atoms with Crippen LogP contribution in [0.15, 0.2) is 0 Å². The Kier molecular flexibility index (Phi) is 3.77. The first-order chi connectivity index (χ1) is 3.66. The summed E-state index contributed by atoms with van der Waals surface area (Å²) in [5.41, 5.74) is 5.30. The van der Waals surface area contributed by atoms with Gasteiger partial charge in [-0.3, -0.25) is 0 Å². The van der Waals surface area contributed by atoms with Crippen LogP contribution in [0.1, 0.15) is 13.3 Å². The first-order valence-corrected chi connectivity index (χ1v) is 2.71. The number of hydrogen-bond donors (Lipinski definition) is 3. The zero-order chi connectivity index (χ0) is 6.57. The van der Waals surface area contributed by atoms with Gasteiger partial charge in [-0.15, -0.1) is 0 Å². The highest BCUT2D eigenvalue weighted by atomic mass is 16.3. The smallest absolute Gasteiger partial charge is 0.0785 e. The van der Waals surface area contributed by atoms with Crippen LogP contribution in [0.3, 0.4) is 0 Å². The number of aliphatic hydroxyl groups is 2. The molecule has 4 N–H and O–H groups in total. The van der Waals surface area contributed by atoms with Gasteiger partial charge in [0.25, 0.3) is 0 Å². The third-order valence-corrected chi connectivity index (χ3v) is 0.855. The first kappa shape index (κ1) is 7.88. The number of nitrogens with two attached hydrogens (primary N) is 1. The molecular weight excluding hydrogens is 106 g/mol. The highest BCUT2D eigenvalue weighted by Gasteiger charge is 2.03. The summed E-state index contributed by atoms with van der Waals surface area (Å²) in [6, 6.07) is -0.0304. The topological polar surface area (TPSA) is 66.5 Å². The van der Waals surface area contributed by atoms with Gasteiger partial charge in [0.1, 0.15) is 0 Å². The summed E-state index contributed by atoms with van der Waals surface area (Å²) >= 11 is 0. The summed E-state index contributed by atoms with van der Waals surface area (Å²) in [6.45, 7) is 1.60. The SMILES string of the molecule is C[C@@H](N)C[C@H](O)CO. The lowest BCUT2D eigenvalue weighted by Crippen LogP contribution is -2.24.